The average Bonchev–Trinajstić information content (AvgIpc) is 2.38. The SMILES string of the molecule is CCNc1cc(C(=O)NC(C)C(N)=O)cc(C(C)C)n1. The van der Waals surface area contributed by atoms with Crippen molar-refractivity contribution < 1.29 is 9.59 Å². The van der Waals surface area contributed by atoms with Crippen molar-refractivity contribution >= 4 is 17.6 Å². The van der Waals surface area contributed by atoms with E-state index >= 15 is 0 Å². The highest BCUT2D eigenvalue weighted by molar-refractivity contribution is 5.97. The first-order valence-electron chi connectivity index (χ1n) is 6.71. The fraction of sp³-hybridized carbons (Fsp3) is 0.500. The van der Waals surface area contributed by atoms with Crippen LogP contribution in [-0.2, 0) is 4.79 Å². The quantitative estimate of drug-likeness (QED) is 0.729. The molecule has 6 nitrogen and oxygen atoms in total. The number of rotatable bonds is 6. The molecule has 1 rings (SSSR count). The minimum Gasteiger partial charge on any atom is -0.370 e. The number of amides is 2. The fourth-order valence-electron chi connectivity index (χ4n) is 1.60. The molecule has 0 radical (unpaired) electrons. The predicted octanol–water partition coefficient (Wildman–Crippen LogP) is 1.24. The van der Waals surface area contributed by atoms with Crippen LogP contribution in [0.5, 0.6) is 0 Å². The highest BCUT2D eigenvalue weighted by Crippen LogP contribution is 2.17. The van der Waals surface area contributed by atoms with Gasteiger partial charge >= 0.3 is 0 Å². The number of pyridine rings is 1. The molecule has 1 aromatic heterocycles. The number of primary amides is 1. The maximum absolute atomic E-state index is 12.1. The highest BCUT2D eigenvalue weighted by atomic mass is 16.2. The van der Waals surface area contributed by atoms with Gasteiger partial charge in [-0.05, 0) is 31.9 Å². The Bertz CT molecular complexity index is 500. The van der Waals surface area contributed by atoms with Gasteiger partial charge in [-0.1, -0.05) is 13.8 Å². The molecule has 6 heteroatoms. The van der Waals surface area contributed by atoms with Gasteiger partial charge in [-0.15, -0.1) is 0 Å². The summed E-state index contributed by atoms with van der Waals surface area (Å²) in [6, 6.07) is 2.69. The van der Waals surface area contributed by atoms with Crippen molar-refractivity contribution in [3.63, 3.8) is 0 Å². The van der Waals surface area contributed by atoms with Gasteiger partial charge in [0, 0.05) is 17.8 Å². The number of hydrogen-bond donors (Lipinski definition) is 3. The third-order valence-electron chi connectivity index (χ3n) is 2.83. The zero-order valence-corrected chi connectivity index (χ0v) is 12.4. The first kappa shape index (κ1) is 15.9. The van der Waals surface area contributed by atoms with Crippen LogP contribution in [0.25, 0.3) is 0 Å². The third kappa shape index (κ3) is 4.22. The van der Waals surface area contributed by atoms with Crippen molar-refractivity contribution in [2.75, 3.05) is 11.9 Å². The molecule has 0 aliphatic carbocycles. The zero-order chi connectivity index (χ0) is 15.3. The van der Waals surface area contributed by atoms with Crippen LogP contribution in [-0.4, -0.2) is 29.4 Å². The van der Waals surface area contributed by atoms with Crippen LogP contribution in [0.4, 0.5) is 5.82 Å². The molecule has 1 heterocycles. The Hall–Kier alpha value is -2.11. The summed E-state index contributed by atoms with van der Waals surface area (Å²) in [5.41, 5.74) is 6.42. The van der Waals surface area contributed by atoms with Crippen LogP contribution in [0.1, 0.15) is 49.7 Å². The Kier molecular flexibility index (Phi) is 5.49. The summed E-state index contributed by atoms with van der Waals surface area (Å²) in [4.78, 5) is 27.5. The Balaban J connectivity index is 3.03. The van der Waals surface area contributed by atoms with Crippen molar-refractivity contribution in [3.8, 4) is 0 Å². The lowest BCUT2D eigenvalue weighted by molar-refractivity contribution is -0.119. The molecule has 1 unspecified atom stereocenters. The Morgan fingerprint density at radius 2 is 1.95 bits per heavy atom. The predicted molar refractivity (Wildman–Crippen MR) is 78.6 cm³/mol. The van der Waals surface area contributed by atoms with E-state index in [9.17, 15) is 9.59 Å². The lowest BCUT2D eigenvalue weighted by Gasteiger charge is -2.14. The van der Waals surface area contributed by atoms with Crippen LogP contribution in [0.3, 0.4) is 0 Å². The number of carbonyl (C=O) groups excluding carboxylic acids is 2. The molecule has 0 saturated carbocycles. The van der Waals surface area contributed by atoms with Crippen LogP contribution >= 0.6 is 0 Å². The van der Waals surface area contributed by atoms with E-state index in [1.165, 1.54) is 0 Å². The molecule has 4 N–H and O–H groups in total. The lowest BCUT2D eigenvalue weighted by Crippen LogP contribution is -2.42. The maximum atomic E-state index is 12.1. The second-order valence-corrected chi connectivity index (χ2v) is 4.95. The summed E-state index contributed by atoms with van der Waals surface area (Å²) in [6.45, 7) is 8.24. The van der Waals surface area contributed by atoms with E-state index in [1.54, 1.807) is 19.1 Å². The van der Waals surface area contributed by atoms with Gasteiger partial charge in [-0.25, -0.2) is 4.98 Å². The highest BCUT2D eigenvalue weighted by Gasteiger charge is 2.16. The summed E-state index contributed by atoms with van der Waals surface area (Å²) >= 11 is 0. The van der Waals surface area contributed by atoms with Crippen molar-refractivity contribution in [1.29, 1.82) is 0 Å². The Morgan fingerprint density at radius 1 is 1.30 bits per heavy atom. The lowest BCUT2D eigenvalue weighted by atomic mass is 10.1. The van der Waals surface area contributed by atoms with Crippen molar-refractivity contribution in [2.24, 2.45) is 5.73 Å². The van der Waals surface area contributed by atoms with E-state index in [1.807, 2.05) is 20.8 Å². The maximum Gasteiger partial charge on any atom is 0.252 e. The summed E-state index contributed by atoms with van der Waals surface area (Å²) in [5.74, 6) is -0.0487. The molecule has 20 heavy (non-hydrogen) atoms. The van der Waals surface area contributed by atoms with E-state index in [-0.39, 0.29) is 11.8 Å². The molecule has 0 bridgehead atoms. The van der Waals surface area contributed by atoms with Crippen LogP contribution in [0.2, 0.25) is 0 Å². The largest absolute Gasteiger partial charge is 0.370 e. The van der Waals surface area contributed by atoms with Gasteiger partial charge in [0.25, 0.3) is 5.91 Å². The number of nitrogens with two attached hydrogens (primary N) is 1. The summed E-state index contributed by atoms with van der Waals surface area (Å²) in [7, 11) is 0. The molecule has 1 aromatic rings. The first-order valence-corrected chi connectivity index (χ1v) is 6.71. The molecule has 0 aromatic carbocycles. The van der Waals surface area contributed by atoms with Crippen LogP contribution in [0.15, 0.2) is 12.1 Å². The number of aromatic nitrogens is 1. The van der Waals surface area contributed by atoms with E-state index in [4.69, 9.17) is 5.73 Å². The zero-order valence-electron chi connectivity index (χ0n) is 12.4. The monoisotopic (exact) mass is 278 g/mol. The van der Waals surface area contributed by atoms with E-state index in [0.717, 1.165) is 5.69 Å². The molecular formula is C14H22N4O2. The van der Waals surface area contributed by atoms with Gasteiger partial charge in [0.15, 0.2) is 0 Å². The van der Waals surface area contributed by atoms with Crippen molar-refractivity contribution in [1.82, 2.24) is 10.3 Å². The third-order valence-corrected chi connectivity index (χ3v) is 2.83. The number of nitrogens with zero attached hydrogens (tertiary/aromatic N) is 1. The van der Waals surface area contributed by atoms with E-state index in [0.29, 0.717) is 17.9 Å². The van der Waals surface area contributed by atoms with Crippen LogP contribution < -0.4 is 16.4 Å². The van der Waals surface area contributed by atoms with Gasteiger partial charge in [0.05, 0.1) is 0 Å². The van der Waals surface area contributed by atoms with Gasteiger partial charge in [0.1, 0.15) is 11.9 Å². The second-order valence-electron chi connectivity index (χ2n) is 4.95. The van der Waals surface area contributed by atoms with Gasteiger partial charge in [-0.3, -0.25) is 9.59 Å². The van der Waals surface area contributed by atoms with Crippen molar-refractivity contribution in [3.05, 3.63) is 23.4 Å². The second kappa shape index (κ2) is 6.88. The molecule has 1 atom stereocenters. The minimum absolute atomic E-state index is 0.203. The molecule has 2 amide bonds. The molecule has 0 spiro atoms. The molecule has 0 aliphatic heterocycles. The smallest absolute Gasteiger partial charge is 0.252 e. The van der Waals surface area contributed by atoms with Gasteiger partial charge in [0.2, 0.25) is 5.91 Å². The standard InChI is InChI=1S/C14H22N4O2/c1-5-16-12-7-10(6-11(18-12)8(2)3)14(20)17-9(4)13(15)19/h6-9H,5H2,1-4H3,(H2,15,19)(H,16,18)(H,17,20). The van der Waals surface area contributed by atoms with Gasteiger partial charge in [-0.2, -0.15) is 0 Å². The average molecular weight is 278 g/mol. The summed E-state index contributed by atoms with van der Waals surface area (Å²) < 4.78 is 0. The van der Waals surface area contributed by atoms with Crippen molar-refractivity contribution in [2.45, 2.75) is 39.7 Å². The number of nitrogens with one attached hydrogen (secondary N) is 2. The van der Waals surface area contributed by atoms with Crippen LogP contribution in [0, 0.1) is 0 Å². The molecule has 0 aliphatic rings. The summed E-state index contributed by atoms with van der Waals surface area (Å²) in [5, 5.41) is 5.65. The fourth-order valence-corrected chi connectivity index (χ4v) is 1.60. The molecule has 0 saturated heterocycles. The normalized spacial score (nSPS) is 12.1. The topological polar surface area (TPSA) is 97.1 Å². The number of hydrogen-bond acceptors (Lipinski definition) is 4. The van der Waals surface area contributed by atoms with E-state index < -0.39 is 11.9 Å². The minimum atomic E-state index is -0.708. The molecule has 0 fully saturated rings. The Morgan fingerprint density at radius 3 is 2.45 bits per heavy atom. The number of anilines is 1. The summed E-state index contributed by atoms with van der Waals surface area (Å²) in [6.07, 6.45) is 0. The molecular weight excluding hydrogens is 256 g/mol. The Labute approximate surface area is 119 Å². The molecule has 110 valence electrons. The number of carbonyl (C=O) groups is 2. The first-order chi connectivity index (χ1) is 9.35. The van der Waals surface area contributed by atoms with E-state index in [2.05, 4.69) is 15.6 Å². The van der Waals surface area contributed by atoms with Gasteiger partial charge < -0.3 is 16.4 Å².